The SMILES string of the molecule is CN1CC(=O)N(CC(=O)Nc2ccsc2C(=O)O)C1=O. The molecule has 1 aliphatic heterocycles. The second-order valence-electron chi connectivity index (χ2n) is 4.14. The summed E-state index contributed by atoms with van der Waals surface area (Å²) in [5.41, 5.74) is 0.153. The van der Waals surface area contributed by atoms with E-state index in [9.17, 15) is 19.2 Å². The van der Waals surface area contributed by atoms with Crippen LogP contribution in [0.15, 0.2) is 11.4 Å². The second-order valence-corrected chi connectivity index (χ2v) is 5.05. The smallest absolute Gasteiger partial charge is 0.348 e. The molecule has 0 radical (unpaired) electrons. The van der Waals surface area contributed by atoms with Crippen molar-refractivity contribution in [3.05, 3.63) is 16.3 Å². The first-order valence-electron chi connectivity index (χ1n) is 5.56. The molecule has 106 valence electrons. The number of nitrogens with one attached hydrogen (secondary N) is 1. The highest BCUT2D eigenvalue weighted by molar-refractivity contribution is 7.12. The average Bonchev–Trinajstić information content (AvgIpc) is 2.90. The van der Waals surface area contributed by atoms with Gasteiger partial charge in [-0.3, -0.25) is 14.5 Å². The summed E-state index contributed by atoms with van der Waals surface area (Å²) in [6, 6.07) is 0.903. The van der Waals surface area contributed by atoms with Crippen molar-refractivity contribution in [2.75, 3.05) is 25.5 Å². The van der Waals surface area contributed by atoms with Crippen molar-refractivity contribution < 1.29 is 24.3 Å². The third kappa shape index (κ3) is 2.62. The van der Waals surface area contributed by atoms with Crippen molar-refractivity contribution in [1.29, 1.82) is 0 Å². The van der Waals surface area contributed by atoms with Gasteiger partial charge in [0.1, 0.15) is 18.0 Å². The lowest BCUT2D eigenvalue weighted by atomic mass is 10.3. The van der Waals surface area contributed by atoms with Crippen LogP contribution in [0.25, 0.3) is 0 Å². The maximum atomic E-state index is 11.8. The van der Waals surface area contributed by atoms with E-state index >= 15 is 0 Å². The molecule has 0 bridgehead atoms. The molecule has 0 aliphatic carbocycles. The van der Waals surface area contributed by atoms with Crippen molar-refractivity contribution in [2.24, 2.45) is 0 Å². The molecule has 1 fully saturated rings. The topological polar surface area (TPSA) is 107 Å². The molecule has 4 amide bonds. The highest BCUT2D eigenvalue weighted by atomic mass is 32.1. The predicted octanol–water partition coefficient (Wildman–Crippen LogP) is 0.279. The van der Waals surface area contributed by atoms with Gasteiger partial charge < -0.3 is 15.3 Å². The zero-order chi connectivity index (χ0) is 14.9. The van der Waals surface area contributed by atoms with Crippen LogP contribution < -0.4 is 5.32 Å². The van der Waals surface area contributed by atoms with Gasteiger partial charge in [-0.25, -0.2) is 9.59 Å². The Hall–Kier alpha value is -2.42. The predicted molar refractivity (Wildman–Crippen MR) is 69.6 cm³/mol. The van der Waals surface area contributed by atoms with E-state index in [0.717, 1.165) is 16.2 Å². The number of hydrogen-bond acceptors (Lipinski definition) is 5. The van der Waals surface area contributed by atoms with E-state index in [2.05, 4.69) is 5.32 Å². The molecule has 1 aliphatic rings. The minimum atomic E-state index is -1.15. The lowest BCUT2D eigenvalue weighted by molar-refractivity contribution is -0.129. The number of anilines is 1. The quantitative estimate of drug-likeness (QED) is 0.776. The molecule has 20 heavy (non-hydrogen) atoms. The number of likely N-dealkylation sites (N-methyl/N-ethyl adjacent to an activating group) is 1. The maximum absolute atomic E-state index is 11.8. The Balaban J connectivity index is 2.03. The fourth-order valence-corrected chi connectivity index (χ4v) is 2.42. The van der Waals surface area contributed by atoms with Gasteiger partial charge in [0.25, 0.3) is 5.91 Å². The van der Waals surface area contributed by atoms with Crippen molar-refractivity contribution in [3.8, 4) is 0 Å². The van der Waals surface area contributed by atoms with Gasteiger partial charge in [-0.15, -0.1) is 11.3 Å². The van der Waals surface area contributed by atoms with Crippen LogP contribution in [0.1, 0.15) is 9.67 Å². The zero-order valence-electron chi connectivity index (χ0n) is 10.5. The molecule has 2 N–H and O–H groups in total. The largest absolute Gasteiger partial charge is 0.477 e. The number of carbonyl (C=O) groups excluding carboxylic acids is 3. The standard InChI is InChI=1S/C11H11N3O5S/c1-13-5-8(16)14(11(13)19)4-7(15)12-6-2-3-20-9(6)10(17)18/h2-3H,4-5H2,1H3,(H,12,15)(H,17,18). The van der Waals surface area contributed by atoms with Gasteiger partial charge in [-0.1, -0.05) is 0 Å². The molecule has 8 nitrogen and oxygen atoms in total. The normalized spacial score (nSPS) is 14.8. The molecule has 1 aromatic heterocycles. The summed E-state index contributed by atoms with van der Waals surface area (Å²) in [6.45, 7) is -0.498. The number of aromatic carboxylic acids is 1. The Morgan fingerprint density at radius 3 is 2.70 bits per heavy atom. The Morgan fingerprint density at radius 1 is 1.45 bits per heavy atom. The molecule has 9 heteroatoms. The molecule has 1 aromatic rings. The van der Waals surface area contributed by atoms with Crippen LogP contribution in [0.5, 0.6) is 0 Å². The Labute approximate surface area is 117 Å². The van der Waals surface area contributed by atoms with Crippen LogP contribution in [0.3, 0.4) is 0 Å². The monoisotopic (exact) mass is 297 g/mol. The number of imide groups is 1. The number of amides is 4. The van der Waals surface area contributed by atoms with Crippen molar-refractivity contribution in [1.82, 2.24) is 9.80 Å². The highest BCUT2D eigenvalue weighted by Crippen LogP contribution is 2.22. The second kappa shape index (κ2) is 5.29. The third-order valence-electron chi connectivity index (χ3n) is 2.67. The molecular formula is C11H11N3O5S. The number of thiophene rings is 1. The van der Waals surface area contributed by atoms with Crippen LogP contribution in [0.4, 0.5) is 10.5 Å². The first-order valence-corrected chi connectivity index (χ1v) is 6.44. The number of carboxylic acids is 1. The van der Waals surface area contributed by atoms with Crippen molar-refractivity contribution in [2.45, 2.75) is 0 Å². The average molecular weight is 297 g/mol. The summed E-state index contributed by atoms with van der Waals surface area (Å²) in [7, 11) is 1.46. The maximum Gasteiger partial charge on any atom is 0.348 e. The van der Waals surface area contributed by atoms with E-state index < -0.39 is 30.4 Å². The number of hydrogen-bond donors (Lipinski definition) is 2. The number of carbonyl (C=O) groups is 4. The lowest BCUT2D eigenvalue weighted by Gasteiger charge is -2.13. The fraction of sp³-hybridized carbons (Fsp3) is 0.273. The first kappa shape index (κ1) is 14.0. The van der Waals surface area contributed by atoms with E-state index in [1.54, 1.807) is 0 Å². The van der Waals surface area contributed by atoms with E-state index in [1.165, 1.54) is 23.4 Å². The van der Waals surface area contributed by atoms with Gasteiger partial charge in [0.15, 0.2) is 0 Å². The summed E-state index contributed by atoms with van der Waals surface area (Å²) >= 11 is 0.974. The van der Waals surface area contributed by atoms with Crippen LogP contribution in [0.2, 0.25) is 0 Å². The van der Waals surface area contributed by atoms with E-state index in [-0.39, 0.29) is 17.1 Å². The number of urea groups is 1. The van der Waals surface area contributed by atoms with Crippen LogP contribution in [-0.2, 0) is 9.59 Å². The summed E-state index contributed by atoms with van der Waals surface area (Å²) in [4.78, 5) is 47.8. The van der Waals surface area contributed by atoms with Crippen LogP contribution >= 0.6 is 11.3 Å². The molecule has 1 saturated heterocycles. The van der Waals surface area contributed by atoms with Gasteiger partial charge >= 0.3 is 12.0 Å². The fourth-order valence-electron chi connectivity index (χ4n) is 1.73. The zero-order valence-corrected chi connectivity index (χ0v) is 11.3. The van der Waals surface area contributed by atoms with Gasteiger partial charge in [0.05, 0.1) is 5.69 Å². The summed E-state index contributed by atoms with van der Waals surface area (Å²) < 4.78 is 0. The molecular weight excluding hydrogens is 286 g/mol. The number of nitrogens with zero attached hydrogens (tertiary/aromatic N) is 2. The van der Waals surface area contributed by atoms with Crippen molar-refractivity contribution >= 4 is 40.8 Å². The Morgan fingerprint density at radius 2 is 2.15 bits per heavy atom. The lowest BCUT2D eigenvalue weighted by Crippen LogP contribution is -2.38. The Kier molecular flexibility index (Phi) is 3.70. The molecule has 0 saturated carbocycles. The molecule has 0 spiro atoms. The number of rotatable bonds is 4. The van der Waals surface area contributed by atoms with Gasteiger partial charge in [-0.2, -0.15) is 0 Å². The highest BCUT2D eigenvalue weighted by Gasteiger charge is 2.34. The molecule has 0 unspecified atom stereocenters. The third-order valence-corrected chi connectivity index (χ3v) is 3.57. The minimum absolute atomic E-state index is 0.00505. The number of carboxylic acid groups (broad SMARTS) is 1. The molecule has 0 aromatic carbocycles. The summed E-state index contributed by atoms with van der Waals surface area (Å²) in [5.74, 6) is -2.23. The molecule has 2 heterocycles. The van der Waals surface area contributed by atoms with Crippen LogP contribution in [0, 0.1) is 0 Å². The van der Waals surface area contributed by atoms with E-state index in [1.807, 2.05) is 0 Å². The first-order chi connectivity index (χ1) is 9.40. The van der Waals surface area contributed by atoms with Crippen molar-refractivity contribution in [3.63, 3.8) is 0 Å². The van der Waals surface area contributed by atoms with Gasteiger partial charge in [-0.05, 0) is 11.4 Å². The van der Waals surface area contributed by atoms with Crippen LogP contribution in [-0.4, -0.2) is 58.9 Å². The molecule has 0 atom stereocenters. The van der Waals surface area contributed by atoms with Gasteiger partial charge in [0, 0.05) is 7.05 Å². The summed E-state index contributed by atoms with van der Waals surface area (Å²) in [5, 5.41) is 12.8. The van der Waals surface area contributed by atoms with Gasteiger partial charge in [0.2, 0.25) is 5.91 Å². The Bertz CT molecular complexity index is 597. The molecule has 2 rings (SSSR count). The van der Waals surface area contributed by atoms with E-state index in [0.29, 0.717) is 0 Å². The van der Waals surface area contributed by atoms with E-state index in [4.69, 9.17) is 5.11 Å². The summed E-state index contributed by atoms with van der Waals surface area (Å²) in [6.07, 6.45) is 0. The minimum Gasteiger partial charge on any atom is -0.477 e.